The Morgan fingerprint density at radius 2 is 1.97 bits per heavy atom. The number of benzene rings is 1. The first-order chi connectivity index (χ1) is 13.8. The van der Waals surface area contributed by atoms with Crippen LogP contribution in [0.15, 0.2) is 35.4 Å². The second-order valence-electron chi connectivity index (χ2n) is 6.04. The highest BCUT2D eigenvalue weighted by atomic mass is 32.1. The molecule has 1 heterocycles. The number of esters is 2. The first-order valence-corrected chi connectivity index (χ1v) is 9.18. The lowest BCUT2D eigenvalue weighted by Gasteiger charge is -2.17. The number of nitrogens with one attached hydrogen (secondary N) is 1. The molecule has 0 aliphatic heterocycles. The van der Waals surface area contributed by atoms with Gasteiger partial charge in [0.05, 0.1) is 42.2 Å². The van der Waals surface area contributed by atoms with Crippen molar-refractivity contribution in [1.29, 1.82) is 0 Å². The minimum Gasteiger partial charge on any atom is -0.466 e. The van der Waals surface area contributed by atoms with Crippen molar-refractivity contribution in [3.8, 4) is 0 Å². The first kappa shape index (κ1) is 22.2. The van der Waals surface area contributed by atoms with Crippen molar-refractivity contribution in [2.75, 3.05) is 19.0 Å². The Labute approximate surface area is 173 Å². The molecular weight excluding hydrogens is 398 g/mol. The van der Waals surface area contributed by atoms with E-state index in [9.17, 15) is 19.7 Å². The Kier molecular flexibility index (Phi) is 7.54. The molecule has 1 atom stereocenters. The molecule has 0 saturated heterocycles. The van der Waals surface area contributed by atoms with Crippen LogP contribution in [-0.4, -0.2) is 35.6 Å². The largest absolute Gasteiger partial charge is 0.466 e. The first-order valence-electron chi connectivity index (χ1n) is 8.74. The summed E-state index contributed by atoms with van der Waals surface area (Å²) in [7, 11) is 1.30. The number of nitro groups is 1. The van der Waals surface area contributed by atoms with Gasteiger partial charge in [-0.3, -0.25) is 14.9 Å². The normalized spacial score (nSPS) is 11.4. The average Bonchev–Trinajstić information content (AvgIpc) is 2.69. The molecule has 10 heteroatoms. The van der Waals surface area contributed by atoms with Crippen molar-refractivity contribution in [3.63, 3.8) is 0 Å². The zero-order chi connectivity index (χ0) is 21.6. The van der Waals surface area contributed by atoms with Gasteiger partial charge in [0.15, 0.2) is 0 Å². The third-order valence-electron chi connectivity index (χ3n) is 4.13. The van der Waals surface area contributed by atoms with Crippen molar-refractivity contribution < 1.29 is 24.0 Å². The third kappa shape index (κ3) is 5.44. The quantitative estimate of drug-likeness (QED) is 0.289. The van der Waals surface area contributed by atoms with Gasteiger partial charge in [-0.15, -0.1) is 12.6 Å². The van der Waals surface area contributed by atoms with Crippen molar-refractivity contribution in [2.45, 2.75) is 31.2 Å². The molecule has 0 radical (unpaired) electrons. The zero-order valence-electron chi connectivity index (χ0n) is 16.2. The van der Waals surface area contributed by atoms with Crippen molar-refractivity contribution >= 4 is 36.1 Å². The number of pyridine rings is 1. The molecule has 1 aromatic carbocycles. The molecule has 0 amide bonds. The fourth-order valence-electron chi connectivity index (χ4n) is 2.68. The minimum atomic E-state index is -0.601. The zero-order valence-corrected chi connectivity index (χ0v) is 17.1. The number of nitrogens with zero attached hydrogens (tertiary/aromatic N) is 2. The predicted octanol–water partition coefficient (Wildman–Crippen LogP) is 3.34. The maximum absolute atomic E-state index is 11.8. The SMILES string of the molecule is CCOC(=O)Cc1c(S)cnc(N[C@@H](C)c2ccc(C(=O)OC)cc2)c1[N+](=O)[O-]. The van der Waals surface area contributed by atoms with Crippen molar-refractivity contribution in [1.82, 2.24) is 4.98 Å². The molecule has 9 nitrogen and oxygen atoms in total. The molecule has 1 aromatic heterocycles. The third-order valence-corrected chi connectivity index (χ3v) is 4.51. The summed E-state index contributed by atoms with van der Waals surface area (Å²) in [4.78, 5) is 38.8. The lowest BCUT2D eigenvalue weighted by Crippen LogP contribution is -2.14. The van der Waals surface area contributed by atoms with Crippen LogP contribution in [-0.2, 0) is 20.7 Å². The van der Waals surface area contributed by atoms with Crippen LogP contribution in [0.5, 0.6) is 0 Å². The van der Waals surface area contributed by atoms with Gasteiger partial charge in [0, 0.05) is 11.1 Å². The second kappa shape index (κ2) is 9.87. The van der Waals surface area contributed by atoms with Gasteiger partial charge in [0.2, 0.25) is 5.82 Å². The average molecular weight is 419 g/mol. The van der Waals surface area contributed by atoms with Crippen LogP contribution in [0, 0.1) is 10.1 Å². The van der Waals surface area contributed by atoms with Crippen LogP contribution in [0.25, 0.3) is 0 Å². The summed E-state index contributed by atoms with van der Waals surface area (Å²) in [5.74, 6) is -1.03. The Hall–Kier alpha value is -3.14. The summed E-state index contributed by atoms with van der Waals surface area (Å²) < 4.78 is 9.55. The maximum atomic E-state index is 11.8. The van der Waals surface area contributed by atoms with E-state index in [0.717, 1.165) is 5.56 Å². The van der Waals surface area contributed by atoms with E-state index in [1.54, 1.807) is 38.1 Å². The van der Waals surface area contributed by atoms with Crippen LogP contribution < -0.4 is 5.32 Å². The maximum Gasteiger partial charge on any atom is 0.337 e. The number of anilines is 1. The van der Waals surface area contributed by atoms with Crippen LogP contribution in [0.4, 0.5) is 11.5 Å². The van der Waals surface area contributed by atoms with Crippen molar-refractivity contribution in [2.24, 2.45) is 0 Å². The fourth-order valence-corrected chi connectivity index (χ4v) is 2.92. The standard InChI is InChI=1S/C19H21N3O6S/c1-4-28-16(23)9-14-15(29)10-20-18(17(14)22(25)26)21-11(2)12-5-7-13(8-6-12)19(24)27-3/h5-8,10-11,29H,4,9H2,1-3H3,(H,20,21)/t11-/m0/s1. The molecular formula is C19H21N3O6S. The molecule has 0 saturated carbocycles. The Morgan fingerprint density at radius 3 is 2.52 bits per heavy atom. The van der Waals surface area contributed by atoms with Gasteiger partial charge in [0.1, 0.15) is 0 Å². The van der Waals surface area contributed by atoms with Crippen LogP contribution in [0.3, 0.4) is 0 Å². The molecule has 2 rings (SSSR count). The second-order valence-corrected chi connectivity index (χ2v) is 6.52. The number of aromatic nitrogens is 1. The summed E-state index contributed by atoms with van der Waals surface area (Å²) >= 11 is 4.21. The molecule has 0 aliphatic rings. The molecule has 0 bridgehead atoms. The van der Waals surface area contributed by atoms with E-state index in [2.05, 4.69) is 27.7 Å². The Morgan fingerprint density at radius 1 is 1.31 bits per heavy atom. The Bertz CT molecular complexity index is 917. The number of ether oxygens (including phenoxy) is 2. The van der Waals surface area contributed by atoms with Gasteiger partial charge in [-0.1, -0.05) is 12.1 Å². The summed E-state index contributed by atoms with van der Waals surface area (Å²) in [6.45, 7) is 3.61. The number of rotatable bonds is 8. The van der Waals surface area contributed by atoms with Gasteiger partial charge < -0.3 is 14.8 Å². The van der Waals surface area contributed by atoms with Crippen LogP contribution >= 0.6 is 12.6 Å². The molecule has 0 spiro atoms. The van der Waals surface area contributed by atoms with E-state index in [1.807, 2.05) is 0 Å². The van der Waals surface area contributed by atoms with Gasteiger partial charge in [-0.05, 0) is 31.5 Å². The highest BCUT2D eigenvalue weighted by molar-refractivity contribution is 7.80. The number of carbonyl (C=O) groups excluding carboxylic acids is 2. The van der Waals surface area contributed by atoms with Gasteiger partial charge in [0.25, 0.3) is 0 Å². The molecule has 1 N–H and O–H groups in total. The number of methoxy groups -OCH3 is 1. The van der Waals surface area contributed by atoms with Crippen molar-refractivity contribution in [3.05, 3.63) is 57.3 Å². The van der Waals surface area contributed by atoms with E-state index in [4.69, 9.17) is 4.74 Å². The lowest BCUT2D eigenvalue weighted by atomic mass is 10.1. The number of hydrogen-bond acceptors (Lipinski definition) is 9. The fraction of sp³-hybridized carbons (Fsp3) is 0.316. The molecule has 154 valence electrons. The molecule has 0 fully saturated rings. The highest BCUT2D eigenvalue weighted by Gasteiger charge is 2.27. The summed E-state index contributed by atoms with van der Waals surface area (Å²) in [6, 6.07) is 6.26. The number of carbonyl (C=O) groups is 2. The summed E-state index contributed by atoms with van der Waals surface area (Å²) in [5, 5.41) is 14.7. The minimum absolute atomic E-state index is 0.0108. The van der Waals surface area contributed by atoms with Crippen LogP contribution in [0.2, 0.25) is 0 Å². The van der Waals surface area contributed by atoms with E-state index >= 15 is 0 Å². The number of thiol groups is 1. The van der Waals surface area contributed by atoms with E-state index in [0.29, 0.717) is 5.56 Å². The van der Waals surface area contributed by atoms with Gasteiger partial charge in [-0.2, -0.15) is 0 Å². The van der Waals surface area contributed by atoms with Gasteiger partial charge >= 0.3 is 17.6 Å². The Balaban J connectivity index is 2.32. The highest BCUT2D eigenvalue weighted by Crippen LogP contribution is 2.33. The number of hydrogen-bond donors (Lipinski definition) is 2. The summed E-state index contributed by atoms with van der Waals surface area (Å²) in [6.07, 6.45) is 1.06. The molecule has 0 unspecified atom stereocenters. The lowest BCUT2D eigenvalue weighted by molar-refractivity contribution is -0.385. The molecule has 29 heavy (non-hydrogen) atoms. The topological polar surface area (TPSA) is 121 Å². The smallest absolute Gasteiger partial charge is 0.337 e. The van der Waals surface area contributed by atoms with E-state index < -0.39 is 16.9 Å². The predicted molar refractivity (Wildman–Crippen MR) is 108 cm³/mol. The summed E-state index contributed by atoms with van der Waals surface area (Å²) in [5.41, 5.74) is 0.963. The monoisotopic (exact) mass is 419 g/mol. The van der Waals surface area contributed by atoms with E-state index in [1.165, 1.54) is 13.3 Å². The van der Waals surface area contributed by atoms with Crippen LogP contribution in [0.1, 0.15) is 41.4 Å². The van der Waals surface area contributed by atoms with Gasteiger partial charge in [-0.25, -0.2) is 9.78 Å². The molecule has 2 aromatic rings. The molecule has 0 aliphatic carbocycles. The van der Waals surface area contributed by atoms with E-state index in [-0.39, 0.29) is 41.0 Å².